The maximum Gasteiger partial charge on any atom is 0.428 e. The molecule has 0 fully saturated rings. The molecule has 0 heterocycles. The van der Waals surface area contributed by atoms with E-state index in [2.05, 4.69) is 10.5 Å². The van der Waals surface area contributed by atoms with Crippen LogP contribution in [0.4, 0.5) is 9.18 Å². The number of nitrogens with zero attached hydrogens (tertiary/aromatic N) is 1. The van der Waals surface area contributed by atoms with Gasteiger partial charge in [-0.25, -0.2) is 14.6 Å². The second-order valence-electron chi connectivity index (χ2n) is 6.70. The largest absolute Gasteiger partial charge is 0.493 e. The highest BCUT2D eigenvalue weighted by Gasteiger charge is 2.15. The highest BCUT2D eigenvalue weighted by atomic mass is 19.1. The maximum atomic E-state index is 12.9. The van der Waals surface area contributed by atoms with Crippen molar-refractivity contribution in [2.45, 2.75) is 33.0 Å². The lowest BCUT2D eigenvalue weighted by Crippen LogP contribution is -2.29. The van der Waals surface area contributed by atoms with Gasteiger partial charge >= 0.3 is 6.09 Å². The molecule has 1 amide bonds. The molecule has 27 heavy (non-hydrogen) atoms. The standard InChI is InChI=1S/C20H23FN2O4/c1-20(2,3)27-19(24)23-22-12-15-7-10-17(18(11-15)25-4)26-13-14-5-8-16(21)9-6-14/h5-12H,13H2,1-4H3,(H,23,24)/b22-12+. The van der Waals surface area contributed by atoms with E-state index in [-0.39, 0.29) is 12.4 Å². The average Bonchev–Trinajstić information content (AvgIpc) is 2.60. The van der Waals surface area contributed by atoms with Crippen LogP contribution in [0.25, 0.3) is 0 Å². The minimum absolute atomic E-state index is 0.282. The van der Waals surface area contributed by atoms with E-state index in [1.165, 1.54) is 25.5 Å². The number of nitrogens with one attached hydrogen (secondary N) is 1. The third kappa shape index (κ3) is 6.97. The summed E-state index contributed by atoms with van der Waals surface area (Å²) in [6.07, 6.45) is 0.834. The molecule has 2 aromatic carbocycles. The quantitative estimate of drug-likeness (QED) is 0.605. The fourth-order valence-electron chi connectivity index (χ4n) is 2.09. The van der Waals surface area contributed by atoms with Crippen LogP contribution in [0.2, 0.25) is 0 Å². The number of carbonyl (C=O) groups excluding carboxylic acids is 1. The van der Waals surface area contributed by atoms with E-state index in [0.29, 0.717) is 17.1 Å². The molecule has 2 rings (SSSR count). The maximum absolute atomic E-state index is 12.9. The van der Waals surface area contributed by atoms with E-state index < -0.39 is 11.7 Å². The molecule has 0 aromatic heterocycles. The predicted octanol–water partition coefficient (Wildman–Crippen LogP) is 4.27. The third-order valence-corrected chi connectivity index (χ3v) is 3.26. The predicted molar refractivity (Wildman–Crippen MR) is 101 cm³/mol. The lowest BCUT2D eigenvalue weighted by molar-refractivity contribution is 0.0529. The van der Waals surface area contributed by atoms with Crippen LogP contribution in [-0.4, -0.2) is 25.0 Å². The van der Waals surface area contributed by atoms with Crippen LogP contribution < -0.4 is 14.9 Å². The molecule has 0 aliphatic rings. The lowest BCUT2D eigenvalue weighted by atomic mass is 10.2. The second-order valence-corrected chi connectivity index (χ2v) is 6.70. The molecule has 0 spiro atoms. The zero-order valence-corrected chi connectivity index (χ0v) is 15.8. The van der Waals surface area contributed by atoms with Crippen molar-refractivity contribution in [3.63, 3.8) is 0 Å². The highest BCUT2D eigenvalue weighted by Crippen LogP contribution is 2.28. The summed E-state index contributed by atoms with van der Waals surface area (Å²) < 4.78 is 29.1. The zero-order chi connectivity index (χ0) is 19.9. The average molecular weight is 374 g/mol. The Labute approximate surface area is 157 Å². The van der Waals surface area contributed by atoms with Gasteiger partial charge in [0.05, 0.1) is 13.3 Å². The summed E-state index contributed by atoms with van der Waals surface area (Å²) in [4.78, 5) is 11.6. The molecular weight excluding hydrogens is 351 g/mol. The minimum Gasteiger partial charge on any atom is -0.493 e. The number of halogens is 1. The first kappa shape index (κ1) is 20.2. The first-order chi connectivity index (χ1) is 12.8. The Balaban J connectivity index is 1.97. The van der Waals surface area contributed by atoms with Gasteiger partial charge in [-0.2, -0.15) is 5.10 Å². The number of carbonyl (C=O) groups is 1. The van der Waals surface area contributed by atoms with Crippen molar-refractivity contribution in [3.8, 4) is 11.5 Å². The van der Waals surface area contributed by atoms with Crippen LogP contribution in [-0.2, 0) is 11.3 Å². The molecule has 0 aliphatic heterocycles. The monoisotopic (exact) mass is 374 g/mol. The van der Waals surface area contributed by atoms with Gasteiger partial charge in [0.25, 0.3) is 0 Å². The van der Waals surface area contributed by atoms with Crippen LogP contribution >= 0.6 is 0 Å². The normalized spacial score (nSPS) is 11.3. The number of benzene rings is 2. The zero-order valence-electron chi connectivity index (χ0n) is 15.8. The fraction of sp³-hybridized carbons (Fsp3) is 0.300. The van der Waals surface area contributed by atoms with E-state index in [1.807, 2.05) is 0 Å². The number of hydrazone groups is 1. The minimum atomic E-state index is -0.634. The molecule has 6 nitrogen and oxygen atoms in total. The molecular formula is C20H23FN2O4. The van der Waals surface area contributed by atoms with E-state index in [0.717, 1.165) is 5.56 Å². The van der Waals surface area contributed by atoms with Crippen molar-refractivity contribution < 1.29 is 23.4 Å². The summed E-state index contributed by atoms with van der Waals surface area (Å²) in [6.45, 7) is 5.59. The van der Waals surface area contributed by atoms with Gasteiger partial charge in [0.15, 0.2) is 11.5 Å². The Morgan fingerprint density at radius 1 is 1.15 bits per heavy atom. The van der Waals surface area contributed by atoms with Crippen LogP contribution in [0, 0.1) is 5.82 Å². The second kappa shape index (κ2) is 9.02. The Bertz CT molecular complexity index is 799. The summed E-state index contributed by atoms with van der Waals surface area (Å²) in [7, 11) is 1.53. The Kier molecular flexibility index (Phi) is 6.76. The van der Waals surface area contributed by atoms with Crippen molar-refractivity contribution in [1.29, 1.82) is 0 Å². The molecule has 0 saturated carbocycles. The van der Waals surface area contributed by atoms with Gasteiger partial charge in [0.1, 0.15) is 18.0 Å². The van der Waals surface area contributed by atoms with E-state index in [9.17, 15) is 9.18 Å². The summed E-state index contributed by atoms with van der Waals surface area (Å²) in [6, 6.07) is 11.3. The highest BCUT2D eigenvalue weighted by molar-refractivity contribution is 5.82. The third-order valence-electron chi connectivity index (χ3n) is 3.26. The van der Waals surface area contributed by atoms with Crippen LogP contribution in [0.5, 0.6) is 11.5 Å². The Hall–Kier alpha value is -3.09. The van der Waals surface area contributed by atoms with Gasteiger partial charge in [0.2, 0.25) is 0 Å². The Morgan fingerprint density at radius 3 is 2.48 bits per heavy atom. The van der Waals surface area contributed by atoms with Gasteiger partial charge in [-0.1, -0.05) is 12.1 Å². The van der Waals surface area contributed by atoms with Crippen molar-refractivity contribution in [2.24, 2.45) is 5.10 Å². The summed E-state index contributed by atoms with van der Waals surface area (Å²) >= 11 is 0. The SMILES string of the molecule is COc1cc(/C=N/NC(=O)OC(C)(C)C)ccc1OCc1ccc(F)cc1. The number of hydrogen-bond acceptors (Lipinski definition) is 5. The molecule has 2 aromatic rings. The van der Waals surface area contributed by atoms with Gasteiger partial charge in [0, 0.05) is 0 Å². The molecule has 0 aliphatic carbocycles. The van der Waals surface area contributed by atoms with Gasteiger partial charge < -0.3 is 14.2 Å². The molecule has 7 heteroatoms. The van der Waals surface area contributed by atoms with Crippen molar-refractivity contribution in [2.75, 3.05) is 7.11 Å². The van der Waals surface area contributed by atoms with Gasteiger partial charge in [-0.3, -0.25) is 0 Å². The Morgan fingerprint density at radius 2 is 1.85 bits per heavy atom. The van der Waals surface area contributed by atoms with E-state index >= 15 is 0 Å². The lowest BCUT2D eigenvalue weighted by Gasteiger charge is -2.18. The topological polar surface area (TPSA) is 69.2 Å². The van der Waals surface area contributed by atoms with E-state index in [4.69, 9.17) is 14.2 Å². The van der Waals surface area contributed by atoms with Crippen molar-refractivity contribution in [1.82, 2.24) is 5.43 Å². The van der Waals surface area contributed by atoms with Crippen LogP contribution in [0.15, 0.2) is 47.6 Å². The number of ether oxygens (including phenoxy) is 3. The van der Waals surface area contributed by atoms with Gasteiger partial charge in [-0.05, 0) is 62.2 Å². The fourth-order valence-corrected chi connectivity index (χ4v) is 2.09. The number of methoxy groups -OCH3 is 1. The first-order valence-electron chi connectivity index (χ1n) is 8.34. The number of rotatable bonds is 6. The van der Waals surface area contributed by atoms with Crippen LogP contribution in [0.1, 0.15) is 31.9 Å². The molecule has 0 atom stereocenters. The van der Waals surface area contributed by atoms with Crippen molar-refractivity contribution >= 4 is 12.3 Å². The molecule has 0 radical (unpaired) electrons. The van der Waals surface area contributed by atoms with Crippen LogP contribution in [0.3, 0.4) is 0 Å². The molecule has 0 unspecified atom stereocenters. The van der Waals surface area contributed by atoms with Crippen molar-refractivity contribution in [3.05, 3.63) is 59.4 Å². The summed E-state index contributed by atoms with van der Waals surface area (Å²) in [5, 5.41) is 3.85. The van der Waals surface area contributed by atoms with Gasteiger partial charge in [-0.15, -0.1) is 0 Å². The molecule has 1 N–H and O–H groups in total. The summed E-state index contributed by atoms with van der Waals surface area (Å²) in [5.74, 6) is 0.761. The molecule has 144 valence electrons. The smallest absolute Gasteiger partial charge is 0.428 e. The molecule has 0 saturated heterocycles. The number of amides is 1. The summed E-state index contributed by atoms with van der Waals surface area (Å²) in [5.41, 5.74) is 3.25. The number of hydrogen-bond donors (Lipinski definition) is 1. The first-order valence-corrected chi connectivity index (χ1v) is 8.34. The van der Waals surface area contributed by atoms with E-state index in [1.54, 1.807) is 51.1 Å². The molecule has 0 bridgehead atoms.